The fourth-order valence-corrected chi connectivity index (χ4v) is 3.25. The summed E-state index contributed by atoms with van der Waals surface area (Å²) in [6.45, 7) is 5.05. The number of hydrogen-bond acceptors (Lipinski definition) is 6. The number of ether oxygens (including phenoxy) is 1. The number of hydrogen-bond donors (Lipinski definition) is 1. The minimum Gasteiger partial charge on any atom is -0.476 e. The van der Waals surface area contributed by atoms with Gasteiger partial charge in [-0.05, 0) is 43.5 Å². The number of pyridine rings is 2. The smallest absolute Gasteiger partial charge is 0.290 e. The largest absolute Gasteiger partial charge is 0.476 e. The summed E-state index contributed by atoms with van der Waals surface area (Å²) in [4.78, 5) is 21.2. The molecule has 3 aromatic heterocycles. The molecule has 1 fully saturated rings. The Morgan fingerprint density at radius 3 is 2.59 bits per heavy atom. The van der Waals surface area contributed by atoms with Gasteiger partial charge in [0.15, 0.2) is 0 Å². The van der Waals surface area contributed by atoms with Gasteiger partial charge in [0.25, 0.3) is 5.56 Å². The molecule has 29 heavy (non-hydrogen) atoms. The first-order valence-electron chi connectivity index (χ1n) is 9.78. The van der Waals surface area contributed by atoms with Crippen molar-refractivity contribution in [2.45, 2.75) is 32.7 Å². The molecular weight excluding hydrogens is 366 g/mol. The van der Waals surface area contributed by atoms with Gasteiger partial charge in [-0.25, -0.2) is 4.68 Å². The van der Waals surface area contributed by atoms with Crippen LogP contribution in [0.3, 0.4) is 0 Å². The molecule has 1 aliphatic carbocycles. The summed E-state index contributed by atoms with van der Waals surface area (Å²) in [5.41, 5.74) is 4.50. The van der Waals surface area contributed by atoms with E-state index in [-0.39, 0.29) is 5.56 Å². The molecule has 1 saturated carbocycles. The number of nitrogens with zero attached hydrogens (tertiary/aromatic N) is 4. The van der Waals surface area contributed by atoms with Gasteiger partial charge in [-0.1, -0.05) is 12.1 Å². The Morgan fingerprint density at radius 2 is 1.90 bits per heavy atom. The highest BCUT2D eigenvalue weighted by atomic mass is 16.5. The molecule has 7 nitrogen and oxygen atoms in total. The van der Waals surface area contributed by atoms with Crippen LogP contribution in [0.4, 0.5) is 5.69 Å². The van der Waals surface area contributed by atoms with Crippen LogP contribution in [0.5, 0.6) is 5.88 Å². The Morgan fingerprint density at radius 1 is 1.14 bits per heavy atom. The monoisotopic (exact) mass is 391 g/mol. The quantitative estimate of drug-likeness (QED) is 0.667. The Kier molecular flexibility index (Phi) is 5.29. The predicted octanol–water partition coefficient (Wildman–Crippen LogP) is 2.98. The summed E-state index contributed by atoms with van der Waals surface area (Å²) >= 11 is 0. The standard InChI is InChI=1S/C22H25N5O2/c1-14-4-6-17(23-10-14)12-25-20-9-21(26-27(3)22(20)28)29-13-16-8-18(16)19-7-5-15(2)11-24-19/h4-7,9-11,16,18,25H,8,12-13H2,1-3H3. The van der Waals surface area contributed by atoms with Crippen LogP contribution in [0, 0.1) is 19.8 Å². The first kappa shape index (κ1) is 19.1. The molecule has 0 saturated heterocycles. The van der Waals surface area contributed by atoms with Crippen molar-refractivity contribution in [3.05, 3.63) is 75.6 Å². The Hall–Kier alpha value is -3.22. The number of aromatic nitrogens is 4. The Labute approximate surface area is 169 Å². The number of aryl methyl sites for hydroxylation is 3. The molecule has 2 unspecified atom stereocenters. The lowest BCUT2D eigenvalue weighted by Crippen LogP contribution is -2.24. The average molecular weight is 391 g/mol. The second-order valence-electron chi connectivity index (χ2n) is 7.68. The van der Waals surface area contributed by atoms with Crippen LogP contribution in [-0.4, -0.2) is 26.4 Å². The van der Waals surface area contributed by atoms with Gasteiger partial charge in [0, 0.05) is 43.0 Å². The van der Waals surface area contributed by atoms with Gasteiger partial charge in [0.2, 0.25) is 5.88 Å². The third-order valence-electron chi connectivity index (χ3n) is 5.16. The average Bonchev–Trinajstić information content (AvgIpc) is 3.49. The van der Waals surface area contributed by atoms with E-state index in [0.717, 1.165) is 28.9 Å². The number of rotatable bonds is 7. The molecule has 2 atom stereocenters. The molecule has 7 heteroatoms. The molecule has 0 bridgehead atoms. The molecule has 0 spiro atoms. The molecule has 3 aromatic rings. The van der Waals surface area contributed by atoms with Crippen molar-refractivity contribution < 1.29 is 4.74 Å². The van der Waals surface area contributed by atoms with Crippen molar-refractivity contribution in [1.82, 2.24) is 19.7 Å². The van der Waals surface area contributed by atoms with Crippen LogP contribution in [0.25, 0.3) is 0 Å². The van der Waals surface area contributed by atoms with E-state index in [4.69, 9.17) is 4.74 Å². The van der Waals surface area contributed by atoms with Crippen molar-refractivity contribution in [3.63, 3.8) is 0 Å². The number of anilines is 1. The van der Waals surface area contributed by atoms with Crippen LogP contribution in [0.2, 0.25) is 0 Å². The van der Waals surface area contributed by atoms with Crippen LogP contribution in [-0.2, 0) is 13.6 Å². The molecule has 1 aliphatic rings. The van der Waals surface area contributed by atoms with Gasteiger partial charge in [0.05, 0.1) is 18.8 Å². The van der Waals surface area contributed by atoms with Crippen molar-refractivity contribution in [3.8, 4) is 5.88 Å². The lowest BCUT2D eigenvalue weighted by Gasteiger charge is -2.10. The van der Waals surface area contributed by atoms with E-state index >= 15 is 0 Å². The molecule has 3 heterocycles. The maximum absolute atomic E-state index is 12.4. The van der Waals surface area contributed by atoms with E-state index in [1.54, 1.807) is 13.1 Å². The lowest BCUT2D eigenvalue weighted by molar-refractivity contribution is 0.278. The fourth-order valence-electron chi connectivity index (χ4n) is 3.25. The SMILES string of the molecule is Cc1ccc(CNc2cc(OCC3CC3c3ccc(C)cn3)nn(C)c2=O)nc1. The first-order valence-corrected chi connectivity index (χ1v) is 9.78. The minimum atomic E-state index is -0.197. The predicted molar refractivity (Wildman–Crippen MR) is 111 cm³/mol. The molecule has 0 aromatic carbocycles. The van der Waals surface area contributed by atoms with E-state index in [9.17, 15) is 4.79 Å². The third-order valence-corrected chi connectivity index (χ3v) is 5.16. The summed E-state index contributed by atoms with van der Waals surface area (Å²) in [6, 6.07) is 9.79. The van der Waals surface area contributed by atoms with Crippen LogP contribution in [0.15, 0.2) is 47.5 Å². The third kappa shape index (κ3) is 4.62. The van der Waals surface area contributed by atoms with Crippen LogP contribution in [0.1, 0.15) is 34.9 Å². The van der Waals surface area contributed by atoms with E-state index < -0.39 is 0 Å². The maximum atomic E-state index is 12.4. The van der Waals surface area contributed by atoms with Gasteiger partial charge < -0.3 is 10.1 Å². The highest BCUT2D eigenvalue weighted by Crippen LogP contribution is 2.46. The maximum Gasteiger partial charge on any atom is 0.290 e. The van der Waals surface area contributed by atoms with E-state index in [0.29, 0.717) is 36.6 Å². The second kappa shape index (κ2) is 8.03. The van der Waals surface area contributed by atoms with Crippen molar-refractivity contribution in [2.75, 3.05) is 11.9 Å². The summed E-state index contributed by atoms with van der Waals surface area (Å²) in [5.74, 6) is 1.31. The topological polar surface area (TPSA) is 81.9 Å². The van der Waals surface area contributed by atoms with E-state index in [1.165, 1.54) is 4.68 Å². The Bertz CT molecular complexity index is 1040. The van der Waals surface area contributed by atoms with Crippen molar-refractivity contribution >= 4 is 5.69 Å². The van der Waals surface area contributed by atoms with Crippen LogP contribution < -0.4 is 15.6 Å². The molecule has 4 rings (SSSR count). The van der Waals surface area contributed by atoms with Crippen molar-refractivity contribution in [2.24, 2.45) is 13.0 Å². The summed E-state index contributed by atoms with van der Waals surface area (Å²) in [7, 11) is 1.63. The molecule has 1 N–H and O–H groups in total. The molecule has 0 aliphatic heterocycles. The van der Waals surface area contributed by atoms with Gasteiger partial charge in [-0.2, -0.15) is 0 Å². The summed E-state index contributed by atoms with van der Waals surface area (Å²) in [5, 5.41) is 7.37. The minimum absolute atomic E-state index is 0.197. The molecule has 0 radical (unpaired) electrons. The summed E-state index contributed by atoms with van der Waals surface area (Å²) < 4.78 is 7.19. The highest BCUT2D eigenvalue weighted by molar-refractivity contribution is 5.43. The van der Waals surface area contributed by atoms with Crippen molar-refractivity contribution in [1.29, 1.82) is 0 Å². The first-order chi connectivity index (χ1) is 14.0. The second-order valence-corrected chi connectivity index (χ2v) is 7.68. The highest BCUT2D eigenvalue weighted by Gasteiger charge is 2.40. The van der Waals surface area contributed by atoms with E-state index in [1.807, 2.05) is 38.4 Å². The lowest BCUT2D eigenvalue weighted by atomic mass is 10.2. The zero-order valence-electron chi connectivity index (χ0n) is 16.9. The number of nitrogens with one attached hydrogen (secondary N) is 1. The van der Waals surface area contributed by atoms with Gasteiger partial charge >= 0.3 is 0 Å². The fraction of sp³-hybridized carbons (Fsp3) is 0.364. The normalized spacial score (nSPS) is 17.8. The van der Waals surface area contributed by atoms with Crippen LogP contribution >= 0.6 is 0 Å². The Balaban J connectivity index is 1.37. The van der Waals surface area contributed by atoms with E-state index in [2.05, 4.69) is 32.5 Å². The summed E-state index contributed by atoms with van der Waals surface area (Å²) in [6.07, 6.45) is 4.78. The molecule has 150 valence electrons. The zero-order chi connectivity index (χ0) is 20.4. The van der Waals surface area contributed by atoms with Gasteiger partial charge in [-0.3, -0.25) is 14.8 Å². The zero-order valence-corrected chi connectivity index (χ0v) is 16.9. The van der Waals surface area contributed by atoms with Gasteiger partial charge in [-0.15, -0.1) is 5.10 Å². The van der Waals surface area contributed by atoms with Gasteiger partial charge in [0.1, 0.15) is 5.69 Å². The molecule has 0 amide bonds. The molecular formula is C22H25N5O2.